The minimum atomic E-state index is -0.155. The van der Waals surface area contributed by atoms with Crippen LogP contribution in [0.1, 0.15) is 51.4 Å². The molecule has 3 aliphatic rings. The molecule has 2 saturated heterocycles. The van der Waals surface area contributed by atoms with Gasteiger partial charge in [-0.05, 0) is 44.7 Å². The highest BCUT2D eigenvalue weighted by atomic mass is 16.2. The maximum absolute atomic E-state index is 12.3. The molecule has 0 bridgehead atoms. The third-order valence-electron chi connectivity index (χ3n) is 5.85. The van der Waals surface area contributed by atoms with Crippen molar-refractivity contribution in [2.75, 3.05) is 26.2 Å². The average Bonchev–Trinajstić information content (AvgIpc) is 2.47. The Kier molecular flexibility index (Phi) is 5.01. The van der Waals surface area contributed by atoms with Crippen LogP contribution in [0.15, 0.2) is 0 Å². The molecule has 124 valence electrons. The molecule has 2 amide bonds. The van der Waals surface area contributed by atoms with Gasteiger partial charge >= 0.3 is 0 Å². The van der Waals surface area contributed by atoms with Gasteiger partial charge in [0.05, 0.1) is 0 Å². The van der Waals surface area contributed by atoms with E-state index >= 15 is 0 Å². The molecule has 1 aliphatic carbocycles. The van der Waals surface area contributed by atoms with E-state index in [0.29, 0.717) is 17.9 Å². The lowest BCUT2D eigenvalue weighted by Crippen LogP contribution is -2.62. The summed E-state index contributed by atoms with van der Waals surface area (Å²) >= 11 is 0. The van der Waals surface area contributed by atoms with Crippen molar-refractivity contribution >= 4 is 11.8 Å². The van der Waals surface area contributed by atoms with Crippen LogP contribution in [0.5, 0.6) is 0 Å². The van der Waals surface area contributed by atoms with Gasteiger partial charge in [-0.2, -0.15) is 0 Å². The van der Waals surface area contributed by atoms with Gasteiger partial charge in [-0.15, -0.1) is 0 Å². The number of likely N-dealkylation sites (tertiary alicyclic amines) is 2. The van der Waals surface area contributed by atoms with E-state index in [0.717, 1.165) is 45.4 Å². The molecule has 3 fully saturated rings. The number of carbonyl (C=O) groups excluding carboxylic acids is 2. The van der Waals surface area contributed by atoms with E-state index in [9.17, 15) is 9.59 Å². The van der Waals surface area contributed by atoms with Crippen LogP contribution in [0.4, 0.5) is 0 Å². The fourth-order valence-electron chi connectivity index (χ4n) is 4.21. The third kappa shape index (κ3) is 3.62. The topological polar surface area (TPSA) is 66.6 Å². The van der Waals surface area contributed by atoms with E-state index in [2.05, 4.69) is 4.90 Å². The van der Waals surface area contributed by atoms with Gasteiger partial charge in [0.25, 0.3) is 0 Å². The Balaban J connectivity index is 1.37. The van der Waals surface area contributed by atoms with Crippen molar-refractivity contribution in [3.8, 4) is 0 Å². The molecule has 2 N–H and O–H groups in total. The highest BCUT2D eigenvalue weighted by Gasteiger charge is 2.37. The van der Waals surface area contributed by atoms with Crippen molar-refractivity contribution in [3.63, 3.8) is 0 Å². The Labute approximate surface area is 133 Å². The minimum absolute atomic E-state index is 0.0559. The molecule has 3 rings (SSSR count). The molecule has 0 spiro atoms. The fourth-order valence-corrected chi connectivity index (χ4v) is 4.21. The van der Waals surface area contributed by atoms with Crippen LogP contribution in [0.25, 0.3) is 0 Å². The van der Waals surface area contributed by atoms with Crippen molar-refractivity contribution in [3.05, 3.63) is 0 Å². The fraction of sp³-hybridized carbons (Fsp3) is 0.882. The largest absolute Gasteiger partial charge is 0.369 e. The van der Waals surface area contributed by atoms with E-state index < -0.39 is 0 Å². The molecule has 5 heteroatoms. The zero-order valence-corrected chi connectivity index (χ0v) is 13.5. The number of amides is 2. The predicted molar refractivity (Wildman–Crippen MR) is 85.1 cm³/mol. The molecule has 22 heavy (non-hydrogen) atoms. The number of piperidine rings is 1. The predicted octanol–water partition coefficient (Wildman–Crippen LogP) is 1.36. The molecule has 0 aromatic heterocycles. The summed E-state index contributed by atoms with van der Waals surface area (Å²) in [6, 6.07) is 0.504. The number of primary amides is 1. The Bertz CT molecular complexity index is 406. The first-order valence-electron chi connectivity index (χ1n) is 8.94. The van der Waals surface area contributed by atoms with Gasteiger partial charge in [0, 0.05) is 31.5 Å². The highest BCUT2D eigenvalue weighted by molar-refractivity contribution is 5.77. The van der Waals surface area contributed by atoms with Crippen molar-refractivity contribution in [2.45, 2.75) is 57.4 Å². The molecular weight excluding hydrogens is 278 g/mol. The van der Waals surface area contributed by atoms with Crippen LogP contribution in [-0.2, 0) is 9.59 Å². The van der Waals surface area contributed by atoms with Crippen LogP contribution < -0.4 is 5.73 Å². The van der Waals surface area contributed by atoms with Gasteiger partial charge in [0.1, 0.15) is 0 Å². The molecule has 0 unspecified atom stereocenters. The first-order valence-corrected chi connectivity index (χ1v) is 8.94. The summed E-state index contributed by atoms with van der Waals surface area (Å²) in [5.74, 6) is 0.889. The van der Waals surface area contributed by atoms with E-state index in [1.54, 1.807) is 0 Å². The normalized spacial score (nSPS) is 25.9. The van der Waals surface area contributed by atoms with Crippen molar-refractivity contribution < 1.29 is 9.59 Å². The van der Waals surface area contributed by atoms with Gasteiger partial charge in [0.15, 0.2) is 0 Å². The van der Waals surface area contributed by atoms with Crippen LogP contribution in [0, 0.1) is 11.8 Å². The monoisotopic (exact) mass is 307 g/mol. The van der Waals surface area contributed by atoms with Crippen LogP contribution in [-0.4, -0.2) is 53.8 Å². The number of rotatable bonds is 4. The SMILES string of the molecule is NC(=O)C1CCN(C2CN(C(=O)CC3CCCCC3)C2)CC1. The maximum atomic E-state index is 12.3. The van der Waals surface area contributed by atoms with Crippen LogP contribution in [0.2, 0.25) is 0 Å². The number of nitrogens with two attached hydrogens (primary N) is 1. The van der Waals surface area contributed by atoms with E-state index in [1.165, 1.54) is 32.1 Å². The lowest BCUT2D eigenvalue weighted by atomic mass is 9.86. The van der Waals surface area contributed by atoms with Gasteiger partial charge < -0.3 is 10.6 Å². The summed E-state index contributed by atoms with van der Waals surface area (Å²) in [4.78, 5) is 28.0. The summed E-state index contributed by atoms with van der Waals surface area (Å²) in [6.07, 6.45) is 8.94. The Morgan fingerprint density at radius 3 is 2.18 bits per heavy atom. The minimum Gasteiger partial charge on any atom is -0.369 e. The number of carbonyl (C=O) groups is 2. The van der Waals surface area contributed by atoms with E-state index in [-0.39, 0.29) is 11.8 Å². The van der Waals surface area contributed by atoms with Crippen molar-refractivity contribution in [1.82, 2.24) is 9.80 Å². The highest BCUT2D eigenvalue weighted by Crippen LogP contribution is 2.29. The third-order valence-corrected chi connectivity index (χ3v) is 5.85. The van der Waals surface area contributed by atoms with Gasteiger partial charge in [0.2, 0.25) is 11.8 Å². The molecule has 2 heterocycles. The molecule has 1 saturated carbocycles. The molecule has 0 aromatic carbocycles. The number of hydrogen-bond acceptors (Lipinski definition) is 3. The lowest BCUT2D eigenvalue weighted by Gasteiger charge is -2.47. The lowest BCUT2D eigenvalue weighted by molar-refractivity contribution is -0.140. The zero-order valence-electron chi connectivity index (χ0n) is 13.5. The first-order chi connectivity index (χ1) is 10.6. The van der Waals surface area contributed by atoms with Crippen molar-refractivity contribution in [2.24, 2.45) is 17.6 Å². The Morgan fingerprint density at radius 1 is 0.955 bits per heavy atom. The number of hydrogen-bond donors (Lipinski definition) is 1. The summed E-state index contributed by atoms with van der Waals surface area (Å²) in [5, 5.41) is 0. The molecule has 0 radical (unpaired) electrons. The van der Waals surface area contributed by atoms with Crippen molar-refractivity contribution in [1.29, 1.82) is 0 Å². The summed E-state index contributed by atoms with van der Waals surface area (Å²) in [6.45, 7) is 3.66. The number of nitrogens with zero attached hydrogens (tertiary/aromatic N) is 2. The van der Waals surface area contributed by atoms with Gasteiger partial charge in [-0.1, -0.05) is 19.3 Å². The maximum Gasteiger partial charge on any atom is 0.222 e. The average molecular weight is 307 g/mol. The molecule has 0 aromatic rings. The van der Waals surface area contributed by atoms with E-state index in [1.807, 2.05) is 4.90 Å². The Hall–Kier alpha value is -1.10. The molecular formula is C17H29N3O2. The van der Waals surface area contributed by atoms with Gasteiger partial charge in [-0.3, -0.25) is 14.5 Å². The second kappa shape index (κ2) is 6.99. The van der Waals surface area contributed by atoms with Gasteiger partial charge in [-0.25, -0.2) is 0 Å². The van der Waals surface area contributed by atoms with E-state index in [4.69, 9.17) is 5.73 Å². The summed E-state index contributed by atoms with van der Waals surface area (Å²) in [5.41, 5.74) is 5.38. The molecule has 5 nitrogen and oxygen atoms in total. The summed E-state index contributed by atoms with van der Waals surface area (Å²) < 4.78 is 0. The van der Waals surface area contributed by atoms with Crippen LogP contribution in [0.3, 0.4) is 0 Å². The molecule has 0 atom stereocenters. The smallest absolute Gasteiger partial charge is 0.222 e. The summed E-state index contributed by atoms with van der Waals surface area (Å²) in [7, 11) is 0. The zero-order chi connectivity index (χ0) is 15.5. The second-order valence-electron chi connectivity index (χ2n) is 7.37. The van der Waals surface area contributed by atoms with Crippen LogP contribution >= 0.6 is 0 Å². The Morgan fingerprint density at radius 2 is 1.59 bits per heavy atom. The second-order valence-corrected chi connectivity index (χ2v) is 7.37. The standard InChI is InChI=1S/C17H29N3O2/c18-17(22)14-6-8-19(9-7-14)15-11-20(12-15)16(21)10-13-4-2-1-3-5-13/h13-15H,1-12H2,(H2,18,22). The first kappa shape index (κ1) is 15.8. The quantitative estimate of drug-likeness (QED) is 0.853. The molecule has 2 aliphatic heterocycles.